The maximum absolute atomic E-state index is 10.2. The summed E-state index contributed by atoms with van der Waals surface area (Å²) in [5.41, 5.74) is 0. The van der Waals surface area contributed by atoms with E-state index < -0.39 is 20.2 Å². The highest BCUT2D eigenvalue weighted by atomic mass is 32.2. The van der Waals surface area contributed by atoms with E-state index in [1.807, 2.05) is 11.8 Å². The predicted octanol–water partition coefficient (Wildman–Crippen LogP) is 13.8. The van der Waals surface area contributed by atoms with Crippen LogP contribution in [-0.2, 0) is 42.0 Å². The first-order chi connectivity index (χ1) is 30.5. The summed E-state index contributed by atoms with van der Waals surface area (Å²) < 4.78 is 61.0. The summed E-state index contributed by atoms with van der Waals surface area (Å²) in [6.07, 6.45) is 11.9. The Labute approximate surface area is 388 Å². The average molecular weight is 943 g/mol. The van der Waals surface area contributed by atoms with Crippen molar-refractivity contribution in [1.82, 2.24) is 0 Å². The quantitative estimate of drug-likeness (QED) is 0.0378. The van der Waals surface area contributed by atoms with Crippen molar-refractivity contribution in [2.24, 2.45) is 0 Å². The van der Waals surface area contributed by atoms with Crippen LogP contribution in [0.3, 0.4) is 0 Å². The smallest absolute Gasteiger partial charge is 0.180 e. The largest absolute Gasteiger partial charge is 0.748 e. The van der Waals surface area contributed by atoms with Gasteiger partial charge in [0.2, 0.25) is 0 Å². The Hall–Kier alpha value is -3.81. The lowest BCUT2D eigenvalue weighted by atomic mass is 10.1. The molecule has 63 heavy (non-hydrogen) atoms. The third kappa shape index (κ3) is 19.9. The van der Waals surface area contributed by atoms with Gasteiger partial charge in [0, 0.05) is 11.5 Å². The lowest BCUT2D eigenvalue weighted by Gasteiger charge is -2.14. The summed E-state index contributed by atoms with van der Waals surface area (Å²) in [7, 11) is -8.35. The minimum atomic E-state index is -3.97. The van der Waals surface area contributed by atoms with Crippen LogP contribution in [0.4, 0.5) is 0 Å². The Bertz CT molecular complexity index is 2120. The van der Waals surface area contributed by atoms with E-state index in [0.717, 1.165) is 38.5 Å². The topological polar surface area (TPSA) is 114 Å². The zero-order chi connectivity index (χ0) is 45.2. The second kappa shape index (κ2) is 28.9. The van der Waals surface area contributed by atoms with Crippen LogP contribution in [0.1, 0.15) is 90.9 Å². The SMILES string of the molecule is CCCCCCCCS(=O)(=O)[O-].CCCCCCCCS(=O)(=O)[O-].c1ccc([S+](c2ccccc2)c2ccccc2Sc2ccccc2[S+](c2ccccc2)c2ccccc2)cc1. The first kappa shape index (κ1) is 51.8. The van der Waals surface area contributed by atoms with Crippen LogP contribution in [0, 0.1) is 0 Å². The summed E-state index contributed by atoms with van der Waals surface area (Å²) in [4.78, 5) is 10.6. The van der Waals surface area contributed by atoms with Gasteiger partial charge in [-0.3, -0.25) is 0 Å². The van der Waals surface area contributed by atoms with Gasteiger partial charge in [-0.25, -0.2) is 16.8 Å². The van der Waals surface area contributed by atoms with Crippen molar-refractivity contribution >= 4 is 53.8 Å². The molecule has 6 aromatic carbocycles. The van der Waals surface area contributed by atoms with Gasteiger partial charge in [0.05, 0.1) is 30.0 Å². The molecule has 0 aliphatic carbocycles. The number of unbranched alkanes of at least 4 members (excludes halogenated alkanes) is 10. The molecule has 336 valence electrons. The molecule has 6 rings (SSSR count). The van der Waals surface area contributed by atoms with E-state index in [1.54, 1.807) is 0 Å². The van der Waals surface area contributed by atoms with Crippen molar-refractivity contribution < 1.29 is 25.9 Å². The summed E-state index contributed by atoms with van der Waals surface area (Å²) in [5.74, 6) is -0.391. The van der Waals surface area contributed by atoms with Crippen LogP contribution in [-0.4, -0.2) is 37.4 Å². The van der Waals surface area contributed by atoms with E-state index in [4.69, 9.17) is 0 Å². The van der Waals surface area contributed by atoms with Gasteiger partial charge in [-0.15, -0.1) is 0 Å². The summed E-state index contributed by atoms with van der Waals surface area (Å²) in [5, 5.41) is 0. The van der Waals surface area contributed by atoms with Crippen molar-refractivity contribution in [3.05, 3.63) is 170 Å². The maximum atomic E-state index is 10.2. The van der Waals surface area contributed by atoms with Crippen LogP contribution >= 0.6 is 11.8 Å². The Morgan fingerprint density at radius 2 is 0.619 bits per heavy atom. The first-order valence-corrected chi connectivity index (χ1v) is 28.3. The number of rotatable bonds is 22. The monoisotopic (exact) mass is 942 g/mol. The Morgan fingerprint density at radius 3 is 0.905 bits per heavy atom. The fraction of sp³-hybridized carbons (Fsp3) is 0.308. The molecule has 0 aliphatic heterocycles. The highest BCUT2D eigenvalue weighted by Gasteiger charge is 2.34. The van der Waals surface area contributed by atoms with Gasteiger partial charge in [-0.05, 0) is 85.6 Å². The number of benzene rings is 6. The first-order valence-electron chi connectivity index (χ1n) is 21.9. The molecule has 6 nitrogen and oxygen atoms in total. The lowest BCUT2D eigenvalue weighted by Crippen LogP contribution is -2.07. The Morgan fingerprint density at radius 1 is 0.365 bits per heavy atom. The molecule has 0 spiro atoms. The predicted molar refractivity (Wildman–Crippen MR) is 263 cm³/mol. The molecule has 0 aromatic heterocycles. The van der Waals surface area contributed by atoms with Gasteiger partial charge in [-0.2, -0.15) is 0 Å². The van der Waals surface area contributed by atoms with Crippen molar-refractivity contribution in [1.29, 1.82) is 0 Å². The Kier molecular flexibility index (Phi) is 23.7. The molecule has 11 heteroatoms. The van der Waals surface area contributed by atoms with Gasteiger partial charge in [-0.1, -0.05) is 187 Å². The molecule has 0 saturated carbocycles. The molecule has 0 unspecified atom stereocenters. The minimum absolute atomic E-state index is 0.195. The van der Waals surface area contributed by atoms with E-state index >= 15 is 0 Å². The molecule has 0 heterocycles. The summed E-state index contributed by atoms with van der Waals surface area (Å²) in [6, 6.07) is 61.5. The Balaban J connectivity index is 0.000000299. The molecule has 6 aromatic rings. The molecule has 0 saturated heterocycles. The fourth-order valence-electron chi connectivity index (χ4n) is 6.65. The molecule has 0 atom stereocenters. The van der Waals surface area contributed by atoms with Crippen molar-refractivity contribution in [3.8, 4) is 0 Å². The molecule has 0 aliphatic rings. The van der Waals surface area contributed by atoms with Gasteiger partial charge < -0.3 is 9.11 Å². The third-order valence-corrected chi connectivity index (χ3v) is 17.3. The zero-order valence-corrected chi connectivity index (χ0v) is 40.6. The van der Waals surface area contributed by atoms with Gasteiger partial charge in [0.1, 0.15) is 21.8 Å². The second-order valence-corrected chi connectivity index (χ2v) is 23.0. The maximum Gasteiger partial charge on any atom is 0.180 e. The third-order valence-electron chi connectivity index (χ3n) is 9.77. The zero-order valence-electron chi connectivity index (χ0n) is 36.6. The number of hydrogen-bond donors (Lipinski definition) is 0. The van der Waals surface area contributed by atoms with Crippen molar-refractivity contribution in [2.75, 3.05) is 11.5 Å². The molecular formula is C52H62O6S5. The van der Waals surface area contributed by atoms with E-state index in [9.17, 15) is 25.9 Å². The summed E-state index contributed by atoms with van der Waals surface area (Å²) >= 11 is 1.89. The van der Waals surface area contributed by atoms with Gasteiger partial charge in [0.25, 0.3) is 0 Å². The standard InChI is InChI=1S/C36H28S3.2C8H18O3S/c1-5-17-29(18-6-1)38(30-19-7-2-8-20-30)35-27-15-13-25-33(35)37-34-26-14-16-28-36(34)39(31-21-9-3-10-22-31)32-23-11-4-12-24-32;2*1-2-3-4-5-6-7-8-12(9,10)11/h1-28H;2*2-8H2,1H3,(H,9,10,11)/q+2;;/p-2. The lowest BCUT2D eigenvalue weighted by molar-refractivity contribution is 0.457. The molecule has 0 bridgehead atoms. The normalized spacial score (nSPS) is 11.4. The highest BCUT2D eigenvalue weighted by molar-refractivity contribution is 8.02. The van der Waals surface area contributed by atoms with E-state index in [1.165, 1.54) is 64.8 Å². The minimum Gasteiger partial charge on any atom is -0.748 e. The number of hydrogen-bond acceptors (Lipinski definition) is 7. The highest BCUT2D eigenvalue weighted by Crippen LogP contribution is 2.43. The average Bonchev–Trinajstić information content (AvgIpc) is 3.29. The van der Waals surface area contributed by atoms with E-state index in [0.29, 0.717) is 12.8 Å². The molecule has 0 radical (unpaired) electrons. The molecular weight excluding hydrogens is 881 g/mol. The van der Waals surface area contributed by atoms with E-state index in [2.05, 4.69) is 184 Å². The van der Waals surface area contributed by atoms with Gasteiger partial charge >= 0.3 is 0 Å². The van der Waals surface area contributed by atoms with E-state index in [-0.39, 0.29) is 33.3 Å². The fourth-order valence-corrected chi connectivity index (χ4v) is 13.6. The van der Waals surface area contributed by atoms with Crippen molar-refractivity contribution in [2.45, 2.75) is 130 Å². The van der Waals surface area contributed by atoms with Crippen LogP contribution in [0.5, 0.6) is 0 Å². The van der Waals surface area contributed by atoms with Gasteiger partial charge in [0.15, 0.2) is 29.4 Å². The molecule has 0 amide bonds. The second-order valence-electron chi connectivity index (χ2n) is 14.9. The van der Waals surface area contributed by atoms with Crippen molar-refractivity contribution in [3.63, 3.8) is 0 Å². The van der Waals surface area contributed by atoms with Crippen LogP contribution < -0.4 is 0 Å². The van der Waals surface area contributed by atoms with Crippen LogP contribution in [0.15, 0.2) is 209 Å². The van der Waals surface area contributed by atoms with Crippen LogP contribution in [0.2, 0.25) is 0 Å². The molecule has 0 fully saturated rings. The van der Waals surface area contributed by atoms with Crippen LogP contribution in [0.25, 0.3) is 0 Å². The molecule has 0 N–H and O–H groups in total. The summed E-state index contributed by atoms with van der Waals surface area (Å²) in [6.45, 7) is 4.25.